The number of thiazole rings is 1. The molecular weight excluding hydrogens is 379 g/mol. The zero-order valence-electron chi connectivity index (χ0n) is 15.4. The number of benzene rings is 2. The van der Waals surface area contributed by atoms with Crippen LogP contribution in [0.5, 0.6) is 0 Å². The molecule has 0 unspecified atom stereocenters. The van der Waals surface area contributed by atoms with Crippen molar-refractivity contribution in [1.82, 2.24) is 15.2 Å². The molecule has 3 rings (SSSR count). The van der Waals surface area contributed by atoms with Crippen molar-refractivity contribution in [2.45, 2.75) is 6.42 Å². The maximum absolute atomic E-state index is 13.1. The summed E-state index contributed by atoms with van der Waals surface area (Å²) < 4.78 is 14.3. The third kappa shape index (κ3) is 5.83. The first-order chi connectivity index (χ1) is 13.5. The summed E-state index contributed by atoms with van der Waals surface area (Å²) in [5.41, 5.74) is 1.36. The van der Waals surface area contributed by atoms with E-state index in [-0.39, 0.29) is 24.9 Å². The molecule has 8 heteroatoms. The lowest BCUT2D eigenvalue weighted by Gasteiger charge is -2.16. The van der Waals surface area contributed by atoms with E-state index < -0.39 is 5.82 Å². The Morgan fingerprint density at radius 1 is 1.11 bits per heavy atom. The zero-order valence-corrected chi connectivity index (χ0v) is 16.3. The molecule has 0 fully saturated rings. The predicted octanol–water partition coefficient (Wildman–Crippen LogP) is 2.66. The number of aromatic nitrogens is 1. The highest BCUT2D eigenvalue weighted by Crippen LogP contribution is 2.21. The van der Waals surface area contributed by atoms with Gasteiger partial charge in [0.2, 0.25) is 11.8 Å². The lowest BCUT2D eigenvalue weighted by Crippen LogP contribution is -2.39. The number of carbonyl (C=O) groups excluding carboxylic acids is 2. The van der Waals surface area contributed by atoms with Gasteiger partial charge >= 0.3 is 0 Å². The average molecular weight is 400 g/mol. The fraction of sp³-hybridized carbons (Fsp3) is 0.250. The van der Waals surface area contributed by atoms with Gasteiger partial charge in [-0.3, -0.25) is 14.5 Å². The van der Waals surface area contributed by atoms with Crippen LogP contribution in [0, 0.1) is 5.82 Å². The van der Waals surface area contributed by atoms with Crippen LogP contribution < -0.4 is 10.6 Å². The van der Waals surface area contributed by atoms with Gasteiger partial charge in [0.05, 0.1) is 28.3 Å². The number of fused-ring (bicyclic) bond motifs is 1. The molecule has 0 bridgehead atoms. The van der Waals surface area contributed by atoms with Crippen molar-refractivity contribution in [3.05, 3.63) is 59.4 Å². The molecule has 28 heavy (non-hydrogen) atoms. The van der Waals surface area contributed by atoms with Crippen LogP contribution in [0.1, 0.15) is 5.01 Å². The topological polar surface area (TPSA) is 74.3 Å². The fourth-order valence-corrected chi connectivity index (χ4v) is 3.67. The summed E-state index contributed by atoms with van der Waals surface area (Å²) in [4.78, 5) is 30.2. The number of hydrogen-bond donors (Lipinski definition) is 2. The molecule has 3 aromatic rings. The molecule has 2 N–H and O–H groups in total. The number of carbonyl (C=O) groups is 2. The first-order valence-electron chi connectivity index (χ1n) is 8.85. The van der Waals surface area contributed by atoms with Gasteiger partial charge in [-0.1, -0.05) is 18.2 Å². The first kappa shape index (κ1) is 19.9. The van der Waals surface area contributed by atoms with Crippen molar-refractivity contribution >= 4 is 39.1 Å². The quantitative estimate of drug-likeness (QED) is 0.610. The first-order valence-corrected chi connectivity index (χ1v) is 9.66. The van der Waals surface area contributed by atoms with Gasteiger partial charge in [-0.25, -0.2) is 9.37 Å². The number of hydrogen-bond acceptors (Lipinski definition) is 5. The molecule has 0 saturated heterocycles. The molecule has 2 amide bonds. The van der Waals surface area contributed by atoms with Crippen LogP contribution in [0.2, 0.25) is 0 Å². The normalized spacial score (nSPS) is 11.0. The average Bonchev–Trinajstić information content (AvgIpc) is 3.04. The summed E-state index contributed by atoms with van der Waals surface area (Å²) >= 11 is 1.62. The second-order valence-electron chi connectivity index (χ2n) is 6.41. The number of rotatable bonds is 8. The molecule has 0 saturated carbocycles. The molecule has 0 atom stereocenters. The van der Waals surface area contributed by atoms with Gasteiger partial charge in [-0.15, -0.1) is 11.3 Å². The highest BCUT2D eigenvalue weighted by atomic mass is 32.1. The van der Waals surface area contributed by atoms with Crippen LogP contribution in [-0.4, -0.2) is 48.4 Å². The molecule has 1 heterocycles. The van der Waals surface area contributed by atoms with Crippen molar-refractivity contribution in [2.24, 2.45) is 0 Å². The Hall–Kier alpha value is -2.84. The number of amides is 2. The predicted molar refractivity (Wildman–Crippen MR) is 109 cm³/mol. The zero-order chi connectivity index (χ0) is 19.9. The number of halogens is 1. The van der Waals surface area contributed by atoms with E-state index in [4.69, 9.17) is 0 Å². The summed E-state index contributed by atoms with van der Waals surface area (Å²) in [6, 6.07) is 13.6. The number of nitrogens with one attached hydrogen (secondary N) is 2. The molecule has 1 aromatic heterocycles. The van der Waals surface area contributed by atoms with Gasteiger partial charge in [0.1, 0.15) is 5.82 Å². The SMILES string of the molecule is CN(CC(=O)NCCc1nc2ccccc2s1)CC(=O)Nc1cccc(F)c1. The highest BCUT2D eigenvalue weighted by Gasteiger charge is 2.11. The molecule has 0 aliphatic heterocycles. The Kier molecular flexibility index (Phi) is 6.67. The van der Waals surface area contributed by atoms with Crippen molar-refractivity contribution in [3.63, 3.8) is 0 Å². The second-order valence-corrected chi connectivity index (χ2v) is 7.52. The summed E-state index contributed by atoms with van der Waals surface area (Å²) in [6.45, 7) is 0.611. The van der Waals surface area contributed by atoms with E-state index in [1.54, 1.807) is 29.4 Å². The lowest BCUT2D eigenvalue weighted by atomic mass is 10.3. The number of anilines is 1. The van der Waals surface area contributed by atoms with Gasteiger partial charge in [-0.2, -0.15) is 0 Å². The van der Waals surface area contributed by atoms with Crippen molar-refractivity contribution in [3.8, 4) is 0 Å². The minimum absolute atomic E-state index is 0.0296. The molecule has 0 aliphatic rings. The Bertz CT molecular complexity index is 943. The van der Waals surface area contributed by atoms with E-state index in [1.807, 2.05) is 24.3 Å². The van der Waals surface area contributed by atoms with Gasteiger partial charge in [0.15, 0.2) is 0 Å². The maximum atomic E-state index is 13.1. The number of para-hydroxylation sites is 1. The monoisotopic (exact) mass is 400 g/mol. The Balaban J connectivity index is 1.38. The third-order valence-corrected chi connectivity index (χ3v) is 5.03. The Labute approximate surface area is 166 Å². The lowest BCUT2D eigenvalue weighted by molar-refractivity contribution is -0.122. The van der Waals surface area contributed by atoms with Gasteiger partial charge < -0.3 is 10.6 Å². The van der Waals surface area contributed by atoms with E-state index in [0.717, 1.165) is 15.2 Å². The van der Waals surface area contributed by atoms with Crippen LogP contribution in [0.3, 0.4) is 0 Å². The van der Waals surface area contributed by atoms with Crippen LogP contribution in [0.15, 0.2) is 48.5 Å². The number of likely N-dealkylation sites (N-methyl/N-ethyl adjacent to an activating group) is 1. The molecule has 6 nitrogen and oxygen atoms in total. The summed E-state index contributed by atoms with van der Waals surface area (Å²) in [6.07, 6.45) is 0.662. The van der Waals surface area contributed by atoms with E-state index >= 15 is 0 Å². The smallest absolute Gasteiger partial charge is 0.238 e. The van der Waals surface area contributed by atoms with Crippen molar-refractivity contribution in [2.75, 3.05) is 32.0 Å². The van der Waals surface area contributed by atoms with Crippen LogP contribution in [-0.2, 0) is 16.0 Å². The summed E-state index contributed by atoms with van der Waals surface area (Å²) in [7, 11) is 1.68. The van der Waals surface area contributed by atoms with E-state index in [1.165, 1.54) is 18.2 Å². The van der Waals surface area contributed by atoms with E-state index in [9.17, 15) is 14.0 Å². The molecule has 0 spiro atoms. The van der Waals surface area contributed by atoms with Gasteiger partial charge in [0.25, 0.3) is 0 Å². The van der Waals surface area contributed by atoms with E-state index in [2.05, 4.69) is 15.6 Å². The molecule has 146 valence electrons. The molecular formula is C20H21FN4O2S. The third-order valence-electron chi connectivity index (χ3n) is 3.93. The van der Waals surface area contributed by atoms with Crippen LogP contribution in [0.4, 0.5) is 10.1 Å². The molecule has 0 aliphatic carbocycles. The van der Waals surface area contributed by atoms with Crippen LogP contribution in [0.25, 0.3) is 10.2 Å². The van der Waals surface area contributed by atoms with E-state index in [0.29, 0.717) is 18.7 Å². The Morgan fingerprint density at radius 2 is 1.89 bits per heavy atom. The van der Waals surface area contributed by atoms with Crippen molar-refractivity contribution < 1.29 is 14.0 Å². The van der Waals surface area contributed by atoms with Crippen molar-refractivity contribution in [1.29, 1.82) is 0 Å². The molecule has 2 aromatic carbocycles. The Morgan fingerprint density at radius 3 is 2.68 bits per heavy atom. The van der Waals surface area contributed by atoms with Gasteiger partial charge in [0, 0.05) is 18.7 Å². The summed E-state index contributed by atoms with van der Waals surface area (Å²) in [5, 5.41) is 6.42. The van der Waals surface area contributed by atoms with Gasteiger partial charge in [-0.05, 0) is 37.4 Å². The minimum atomic E-state index is -0.418. The highest BCUT2D eigenvalue weighted by molar-refractivity contribution is 7.18. The van der Waals surface area contributed by atoms with Crippen LogP contribution >= 0.6 is 11.3 Å². The maximum Gasteiger partial charge on any atom is 0.238 e. The largest absolute Gasteiger partial charge is 0.355 e. The second kappa shape index (κ2) is 9.38. The standard InChI is InChI=1S/C20H21FN4O2S/c1-25(13-19(27)23-15-6-4-5-14(21)11-15)12-18(26)22-10-9-20-24-16-7-2-3-8-17(16)28-20/h2-8,11H,9-10,12-13H2,1H3,(H,22,26)(H,23,27). The summed E-state index contributed by atoms with van der Waals surface area (Å²) in [5.74, 6) is -0.892. The molecule has 0 radical (unpaired) electrons. The fourth-order valence-electron chi connectivity index (χ4n) is 2.70. The minimum Gasteiger partial charge on any atom is -0.355 e. The number of nitrogens with zero attached hydrogens (tertiary/aromatic N) is 2.